The van der Waals surface area contributed by atoms with Gasteiger partial charge in [-0.15, -0.1) is 0 Å². The zero-order chi connectivity index (χ0) is 25.7. The molecule has 0 spiro atoms. The van der Waals surface area contributed by atoms with Gasteiger partial charge in [-0.25, -0.2) is 0 Å². The molecule has 1 N–H and O–H groups in total. The maximum Gasteiger partial charge on any atom is 0.294 e. The molecule has 0 aliphatic heterocycles. The fourth-order valence-electron chi connectivity index (χ4n) is 3.56. The van der Waals surface area contributed by atoms with Crippen LogP contribution in [-0.2, 0) is 11.4 Å². The second-order valence-electron chi connectivity index (χ2n) is 7.66. The van der Waals surface area contributed by atoms with Gasteiger partial charge in [0.2, 0.25) is 0 Å². The van der Waals surface area contributed by atoms with Gasteiger partial charge >= 0.3 is 0 Å². The Morgan fingerprint density at radius 3 is 2.64 bits per heavy atom. The molecule has 0 saturated carbocycles. The third-order valence-electron chi connectivity index (χ3n) is 5.30. The van der Waals surface area contributed by atoms with E-state index in [-0.39, 0.29) is 22.0 Å². The highest BCUT2D eigenvalue weighted by Gasteiger charge is 2.18. The van der Waals surface area contributed by atoms with Gasteiger partial charge in [0.1, 0.15) is 29.7 Å². The lowest BCUT2D eigenvalue weighted by Crippen LogP contribution is -2.14. The molecule has 0 saturated heterocycles. The predicted molar refractivity (Wildman–Crippen MR) is 143 cm³/mol. The summed E-state index contributed by atoms with van der Waals surface area (Å²) >= 11 is 9.29. The lowest BCUT2D eigenvalue weighted by Gasteiger charge is -2.11. The normalized spacial score (nSPS) is 11.1. The van der Waals surface area contributed by atoms with Crippen LogP contribution in [0.25, 0.3) is 16.8 Å². The van der Waals surface area contributed by atoms with Crippen LogP contribution in [0.5, 0.6) is 5.75 Å². The molecule has 0 atom stereocenters. The molecule has 0 heterocycles. The van der Waals surface area contributed by atoms with E-state index in [0.717, 1.165) is 22.4 Å². The quantitative estimate of drug-likeness (QED) is 0.110. The minimum absolute atomic E-state index is 0.0612. The number of nitriles is 1. The molecule has 1 amide bonds. The fraction of sp³-hybridized carbons (Fsp3) is 0.0370. The number of amides is 1. The predicted octanol–water partition coefficient (Wildman–Crippen LogP) is 7.29. The van der Waals surface area contributed by atoms with Crippen molar-refractivity contribution in [1.82, 2.24) is 0 Å². The van der Waals surface area contributed by atoms with Gasteiger partial charge < -0.3 is 10.1 Å². The fourth-order valence-corrected chi connectivity index (χ4v) is 4.24. The van der Waals surface area contributed by atoms with E-state index in [1.165, 1.54) is 18.2 Å². The molecule has 0 aliphatic carbocycles. The van der Waals surface area contributed by atoms with Crippen molar-refractivity contribution in [3.63, 3.8) is 0 Å². The van der Waals surface area contributed by atoms with Gasteiger partial charge in [0.05, 0.1) is 9.40 Å². The number of halogens is 2. The van der Waals surface area contributed by atoms with E-state index < -0.39 is 10.8 Å². The van der Waals surface area contributed by atoms with E-state index in [4.69, 9.17) is 16.3 Å². The van der Waals surface area contributed by atoms with Crippen molar-refractivity contribution in [2.75, 3.05) is 5.32 Å². The molecule has 0 aromatic heterocycles. The van der Waals surface area contributed by atoms with Crippen molar-refractivity contribution in [2.45, 2.75) is 6.61 Å². The summed E-state index contributed by atoms with van der Waals surface area (Å²) in [5.41, 5.74) is 0.952. The summed E-state index contributed by atoms with van der Waals surface area (Å²) in [5.74, 6) is -0.185. The number of carbonyl (C=O) groups is 1. The Labute approximate surface area is 219 Å². The second kappa shape index (κ2) is 11.0. The molecule has 4 rings (SSSR count). The summed E-state index contributed by atoms with van der Waals surface area (Å²) in [6, 6.07) is 24.9. The molecule has 0 radical (unpaired) electrons. The molecule has 0 bridgehead atoms. The van der Waals surface area contributed by atoms with Crippen LogP contribution in [0.1, 0.15) is 11.1 Å². The average molecular weight is 563 g/mol. The van der Waals surface area contributed by atoms with Crippen molar-refractivity contribution in [3.8, 4) is 11.8 Å². The molecule has 178 valence electrons. The minimum Gasteiger partial charge on any atom is -0.488 e. The van der Waals surface area contributed by atoms with Gasteiger partial charge in [-0.1, -0.05) is 60.1 Å². The largest absolute Gasteiger partial charge is 0.488 e. The van der Waals surface area contributed by atoms with Gasteiger partial charge in [0.15, 0.2) is 0 Å². The number of benzene rings is 4. The monoisotopic (exact) mass is 561 g/mol. The summed E-state index contributed by atoms with van der Waals surface area (Å²) in [5, 5.41) is 25.6. The Morgan fingerprint density at radius 1 is 1.11 bits per heavy atom. The van der Waals surface area contributed by atoms with Gasteiger partial charge in [0.25, 0.3) is 11.6 Å². The zero-order valence-electron chi connectivity index (χ0n) is 18.6. The molecule has 0 unspecified atom stereocenters. The van der Waals surface area contributed by atoms with Gasteiger partial charge in [-0.3, -0.25) is 14.9 Å². The standard InChI is InChI=1S/C27H17BrClN3O4/c28-23-13-17(8-11-26(23)36-16-19-6-3-5-18-4-1-2-7-22(18)19)12-20(15-30)27(33)31-24-10-9-21(29)14-25(24)32(34)35/h1-14H,16H2,(H,31,33)/b20-12+. The molecular formula is C27H17BrClN3O4. The first-order valence-corrected chi connectivity index (χ1v) is 11.8. The third kappa shape index (κ3) is 5.71. The smallest absolute Gasteiger partial charge is 0.294 e. The van der Waals surface area contributed by atoms with Gasteiger partial charge in [-0.2, -0.15) is 5.26 Å². The first kappa shape index (κ1) is 24.9. The molecule has 7 nitrogen and oxygen atoms in total. The Morgan fingerprint density at radius 2 is 1.89 bits per heavy atom. The van der Waals surface area contributed by atoms with Crippen LogP contribution in [0.3, 0.4) is 0 Å². The van der Waals surface area contributed by atoms with Crippen LogP contribution in [0.4, 0.5) is 11.4 Å². The number of nitrogens with one attached hydrogen (secondary N) is 1. The number of carbonyl (C=O) groups excluding carboxylic acids is 1. The number of hydrogen-bond donors (Lipinski definition) is 1. The molecular weight excluding hydrogens is 546 g/mol. The SMILES string of the molecule is N#C/C(=C\c1ccc(OCc2cccc3ccccc23)c(Br)c1)C(=O)Nc1ccc(Cl)cc1[N+](=O)[O-]. The van der Waals surface area contributed by atoms with Crippen LogP contribution in [0.2, 0.25) is 5.02 Å². The van der Waals surface area contributed by atoms with Crippen molar-refractivity contribution in [3.05, 3.63) is 115 Å². The summed E-state index contributed by atoms with van der Waals surface area (Å²) in [4.78, 5) is 23.2. The third-order valence-corrected chi connectivity index (χ3v) is 6.15. The Kier molecular flexibility index (Phi) is 7.64. The number of nitro groups is 1. The Bertz CT molecular complexity index is 1560. The number of anilines is 1. The van der Waals surface area contributed by atoms with E-state index >= 15 is 0 Å². The van der Waals surface area contributed by atoms with Crippen LogP contribution in [-0.4, -0.2) is 10.8 Å². The number of rotatable bonds is 7. The number of hydrogen-bond acceptors (Lipinski definition) is 5. The Hall–Kier alpha value is -4.19. The topological polar surface area (TPSA) is 105 Å². The molecule has 0 aliphatic rings. The van der Waals surface area contributed by atoms with Crippen LogP contribution in [0.15, 0.2) is 88.9 Å². The lowest BCUT2D eigenvalue weighted by molar-refractivity contribution is -0.383. The number of nitro benzene ring substituents is 1. The summed E-state index contributed by atoms with van der Waals surface area (Å²) < 4.78 is 6.64. The molecule has 4 aromatic rings. The Balaban J connectivity index is 1.50. The lowest BCUT2D eigenvalue weighted by atomic mass is 10.1. The summed E-state index contributed by atoms with van der Waals surface area (Å²) in [6.07, 6.45) is 1.39. The van der Waals surface area contributed by atoms with Crippen molar-refractivity contribution in [2.24, 2.45) is 0 Å². The average Bonchev–Trinajstić information content (AvgIpc) is 2.87. The van der Waals surface area contributed by atoms with Crippen LogP contribution < -0.4 is 10.1 Å². The highest BCUT2D eigenvalue weighted by molar-refractivity contribution is 9.10. The first-order chi connectivity index (χ1) is 17.4. The summed E-state index contributed by atoms with van der Waals surface area (Å²) in [6.45, 7) is 0.362. The van der Waals surface area contributed by atoms with E-state index in [1.807, 2.05) is 48.5 Å². The van der Waals surface area contributed by atoms with Crippen molar-refractivity contribution < 1.29 is 14.5 Å². The molecule has 4 aromatic carbocycles. The van der Waals surface area contributed by atoms with Gasteiger partial charge in [-0.05, 0) is 68.2 Å². The van der Waals surface area contributed by atoms with E-state index in [2.05, 4.69) is 21.2 Å². The van der Waals surface area contributed by atoms with Crippen molar-refractivity contribution in [1.29, 1.82) is 5.26 Å². The first-order valence-electron chi connectivity index (χ1n) is 10.6. The number of fused-ring (bicyclic) bond motifs is 1. The second-order valence-corrected chi connectivity index (χ2v) is 8.95. The maximum atomic E-state index is 12.6. The highest BCUT2D eigenvalue weighted by atomic mass is 79.9. The van der Waals surface area contributed by atoms with E-state index in [9.17, 15) is 20.2 Å². The molecule has 36 heavy (non-hydrogen) atoms. The molecule has 9 heteroatoms. The zero-order valence-corrected chi connectivity index (χ0v) is 20.9. The van der Waals surface area contributed by atoms with E-state index in [0.29, 0.717) is 22.4 Å². The minimum atomic E-state index is -0.782. The number of ether oxygens (including phenoxy) is 1. The maximum absolute atomic E-state index is 12.6. The van der Waals surface area contributed by atoms with Crippen LogP contribution in [0, 0.1) is 21.4 Å². The van der Waals surface area contributed by atoms with Crippen molar-refractivity contribution >= 4 is 61.7 Å². The highest BCUT2D eigenvalue weighted by Crippen LogP contribution is 2.30. The summed E-state index contributed by atoms with van der Waals surface area (Å²) in [7, 11) is 0. The number of nitrogens with zero attached hydrogens (tertiary/aromatic N) is 2. The van der Waals surface area contributed by atoms with E-state index in [1.54, 1.807) is 18.2 Å². The van der Waals surface area contributed by atoms with Crippen LogP contribution >= 0.6 is 27.5 Å². The molecule has 0 fully saturated rings. The van der Waals surface area contributed by atoms with Gasteiger partial charge in [0, 0.05) is 11.1 Å².